The molecule has 1 aromatic rings. The lowest BCUT2D eigenvalue weighted by Crippen LogP contribution is -2.30. The van der Waals surface area contributed by atoms with Crippen molar-refractivity contribution in [1.29, 1.82) is 0 Å². The minimum atomic E-state index is -4.13. The van der Waals surface area contributed by atoms with Gasteiger partial charge in [-0.3, -0.25) is 0 Å². The van der Waals surface area contributed by atoms with Crippen LogP contribution in [0.25, 0.3) is 0 Å². The topological polar surface area (TPSA) is 55.7 Å². The summed E-state index contributed by atoms with van der Waals surface area (Å²) in [5, 5.41) is 0. The molecule has 0 amide bonds. The molecular formula is C16H20F3NO3S. The largest absolute Gasteiger partial charge is 0.461 e. The molecule has 8 heteroatoms. The molecule has 0 heterocycles. The zero-order chi connectivity index (χ0) is 18.7. The van der Waals surface area contributed by atoms with Crippen LogP contribution >= 0.6 is 0 Å². The number of alkyl halides is 2. The van der Waals surface area contributed by atoms with E-state index >= 15 is 0 Å². The molecule has 24 heavy (non-hydrogen) atoms. The third-order valence-corrected chi connectivity index (χ3v) is 4.49. The van der Waals surface area contributed by atoms with Gasteiger partial charge in [0.1, 0.15) is 16.8 Å². The Hall–Kier alpha value is -1.70. The molecule has 0 saturated carbocycles. The lowest BCUT2D eigenvalue weighted by molar-refractivity contribution is -0.173. The third-order valence-electron chi connectivity index (χ3n) is 3.00. The van der Waals surface area contributed by atoms with Crippen LogP contribution in [0.2, 0.25) is 0 Å². The molecule has 1 aromatic carbocycles. The summed E-state index contributed by atoms with van der Waals surface area (Å²) >= 11 is 0. The van der Waals surface area contributed by atoms with E-state index in [1.54, 1.807) is 20.8 Å². The number of esters is 1. The van der Waals surface area contributed by atoms with Gasteiger partial charge in [-0.2, -0.15) is 13.2 Å². The van der Waals surface area contributed by atoms with Gasteiger partial charge in [-0.05, 0) is 40.7 Å². The van der Waals surface area contributed by atoms with Gasteiger partial charge in [0.05, 0.1) is 22.6 Å². The van der Waals surface area contributed by atoms with Crippen molar-refractivity contribution in [2.75, 3.05) is 6.61 Å². The van der Waals surface area contributed by atoms with Crippen molar-refractivity contribution in [3.63, 3.8) is 0 Å². The minimum absolute atomic E-state index is 0.00210. The molecule has 0 saturated heterocycles. The van der Waals surface area contributed by atoms with Crippen LogP contribution in [0.15, 0.2) is 22.6 Å². The smallest absolute Gasteiger partial charge is 0.382 e. The molecule has 0 fully saturated rings. The highest BCUT2D eigenvalue weighted by Crippen LogP contribution is 2.33. The van der Waals surface area contributed by atoms with Crippen molar-refractivity contribution < 1.29 is 26.9 Å². The van der Waals surface area contributed by atoms with E-state index in [4.69, 9.17) is 0 Å². The Kier molecular flexibility index (Phi) is 6.32. The van der Waals surface area contributed by atoms with Crippen molar-refractivity contribution in [3.05, 3.63) is 35.1 Å². The van der Waals surface area contributed by atoms with Gasteiger partial charge in [-0.25, -0.2) is 13.4 Å². The normalized spacial score (nSPS) is 14.4. The molecule has 0 N–H and O–H groups in total. The number of carbonyl (C=O) groups excluding carboxylic acids is 1. The Morgan fingerprint density at radius 2 is 1.88 bits per heavy atom. The Morgan fingerprint density at radius 1 is 1.29 bits per heavy atom. The quantitative estimate of drug-likeness (QED) is 0.591. The average molecular weight is 363 g/mol. The summed E-state index contributed by atoms with van der Waals surface area (Å²) < 4.78 is 62.2. The van der Waals surface area contributed by atoms with Gasteiger partial charge < -0.3 is 4.74 Å². The second kappa shape index (κ2) is 7.46. The Bertz CT molecular complexity index is 682. The molecule has 0 radical (unpaired) electrons. The van der Waals surface area contributed by atoms with Gasteiger partial charge in [-0.1, -0.05) is 12.1 Å². The van der Waals surface area contributed by atoms with Crippen LogP contribution in [-0.2, 0) is 26.4 Å². The molecule has 1 atom stereocenters. The highest BCUT2D eigenvalue weighted by Gasteiger charge is 2.45. The fourth-order valence-electron chi connectivity index (χ4n) is 1.70. The van der Waals surface area contributed by atoms with Crippen molar-refractivity contribution in [1.82, 2.24) is 0 Å². The van der Waals surface area contributed by atoms with E-state index in [-0.39, 0.29) is 17.9 Å². The molecule has 0 unspecified atom stereocenters. The zero-order valence-electron chi connectivity index (χ0n) is 14.2. The van der Waals surface area contributed by atoms with Gasteiger partial charge in [0.25, 0.3) is 0 Å². The van der Waals surface area contributed by atoms with Crippen molar-refractivity contribution in [2.45, 2.75) is 45.3 Å². The van der Waals surface area contributed by atoms with Crippen molar-refractivity contribution in [3.8, 4) is 0 Å². The molecule has 0 aliphatic carbocycles. The summed E-state index contributed by atoms with van der Waals surface area (Å²) in [5.74, 6) is -7.24. The number of carbonyl (C=O) groups is 1. The van der Waals surface area contributed by atoms with Gasteiger partial charge in [0.15, 0.2) is 0 Å². The average Bonchev–Trinajstić information content (AvgIpc) is 2.46. The Labute approximate surface area is 141 Å². The fourth-order valence-corrected chi connectivity index (χ4v) is 2.32. The maximum atomic E-state index is 14.5. The standard InChI is InChI=1S/C16H20F3NO3S/c1-6-23-14(21)16(18,19)12-9-7-8-11(13(12)17)10(2)20-24(22)15(3,4)5/h7-9H,6H2,1-5H3/t24-/m1/s1. The number of nitrogens with zero attached hydrogens (tertiary/aromatic N) is 1. The molecule has 0 aliphatic heterocycles. The predicted molar refractivity (Wildman–Crippen MR) is 87.0 cm³/mol. The maximum Gasteiger partial charge on any atom is 0.382 e. The minimum Gasteiger partial charge on any atom is -0.461 e. The molecule has 4 nitrogen and oxygen atoms in total. The number of rotatable bonds is 5. The number of benzene rings is 1. The molecular weight excluding hydrogens is 343 g/mol. The van der Waals surface area contributed by atoms with Crippen molar-refractivity contribution >= 4 is 22.7 Å². The summed E-state index contributed by atoms with van der Waals surface area (Å²) in [6.07, 6.45) is 0. The van der Waals surface area contributed by atoms with E-state index in [9.17, 15) is 22.2 Å². The van der Waals surface area contributed by atoms with Crippen LogP contribution in [0, 0.1) is 5.82 Å². The molecule has 0 bridgehead atoms. The molecule has 134 valence electrons. The first kappa shape index (κ1) is 20.3. The first-order chi connectivity index (χ1) is 10.9. The molecule has 0 aliphatic rings. The van der Waals surface area contributed by atoms with Crippen LogP contribution in [0.5, 0.6) is 0 Å². The van der Waals surface area contributed by atoms with E-state index in [1.807, 2.05) is 0 Å². The van der Waals surface area contributed by atoms with Gasteiger partial charge in [0, 0.05) is 5.56 Å². The first-order valence-electron chi connectivity index (χ1n) is 7.24. The molecule has 0 spiro atoms. The van der Waals surface area contributed by atoms with Crippen LogP contribution in [0.1, 0.15) is 45.7 Å². The zero-order valence-corrected chi connectivity index (χ0v) is 15.0. The second-order valence-electron chi connectivity index (χ2n) is 6.00. The Morgan fingerprint density at radius 3 is 2.38 bits per heavy atom. The van der Waals surface area contributed by atoms with Crippen LogP contribution in [-0.4, -0.2) is 27.2 Å². The summed E-state index contributed by atoms with van der Waals surface area (Å²) in [5.41, 5.74) is -1.34. The predicted octanol–water partition coefficient (Wildman–Crippen LogP) is 3.75. The van der Waals surface area contributed by atoms with E-state index in [1.165, 1.54) is 26.0 Å². The summed E-state index contributed by atoms with van der Waals surface area (Å²) in [7, 11) is -1.67. The Balaban J connectivity index is 3.34. The van der Waals surface area contributed by atoms with Crippen LogP contribution < -0.4 is 0 Å². The SMILES string of the molecule is CCOC(=O)C(F)(F)c1cccc(C(C)=N[S@](=O)C(C)(C)C)c1F. The highest BCUT2D eigenvalue weighted by atomic mass is 32.2. The van der Waals surface area contributed by atoms with Crippen molar-refractivity contribution in [2.24, 2.45) is 4.40 Å². The highest BCUT2D eigenvalue weighted by molar-refractivity contribution is 7.85. The van der Waals surface area contributed by atoms with Gasteiger partial charge in [0.2, 0.25) is 0 Å². The maximum absolute atomic E-state index is 14.5. The van der Waals surface area contributed by atoms with E-state index in [0.29, 0.717) is 0 Å². The second-order valence-corrected chi connectivity index (χ2v) is 7.91. The van der Waals surface area contributed by atoms with E-state index in [2.05, 4.69) is 9.13 Å². The van der Waals surface area contributed by atoms with E-state index in [0.717, 1.165) is 6.07 Å². The lowest BCUT2D eigenvalue weighted by Gasteiger charge is -2.18. The summed E-state index contributed by atoms with van der Waals surface area (Å²) in [6.45, 7) is 7.54. The monoisotopic (exact) mass is 363 g/mol. The molecule has 1 rings (SSSR count). The van der Waals surface area contributed by atoms with Gasteiger partial charge in [-0.15, -0.1) is 0 Å². The van der Waals surface area contributed by atoms with Crippen LogP contribution in [0.3, 0.4) is 0 Å². The molecule has 0 aromatic heterocycles. The third kappa shape index (κ3) is 4.43. The number of hydrogen-bond donors (Lipinski definition) is 0. The fraction of sp³-hybridized carbons (Fsp3) is 0.500. The number of halogens is 3. The summed E-state index contributed by atoms with van der Waals surface area (Å²) in [4.78, 5) is 11.4. The number of ether oxygens (including phenoxy) is 1. The number of hydrogen-bond acceptors (Lipinski definition) is 3. The first-order valence-corrected chi connectivity index (χ1v) is 8.35. The summed E-state index contributed by atoms with van der Waals surface area (Å²) in [6, 6.07) is 3.22. The van der Waals surface area contributed by atoms with Crippen LogP contribution in [0.4, 0.5) is 13.2 Å². The van der Waals surface area contributed by atoms with Gasteiger partial charge >= 0.3 is 11.9 Å². The van der Waals surface area contributed by atoms with E-state index < -0.39 is 39.0 Å². The lowest BCUT2D eigenvalue weighted by atomic mass is 10.0.